The highest BCUT2D eigenvalue weighted by molar-refractivity contribution is 7.11. The molecule has 0 saturated carbocycles. The predicted molar refractivity (Wildman–Crippen MR) is 129 cm³/mol. The molecule has 0 fully saturated rings. The van der Waals surface area contributed by atoms with Crippen molar-refractivity contribution < 1.29 is 19.0 Å². The van der Waals surface area contributed by atoms with E-state index in [9.17, 15) is 4.79 Å². The zero-order valence-electron chi connectivity index (χ0n) is 19.7. The van der Waals surface area contributed by atoms with Crippen molar-refractivity contribution in [2.45, 2.75) is 40.0 Å². The van der Waals surface area contributed by atoms with E-state index in [1.165, 1.54) is 31.1 Å². The van der Waals surface area contributed by atoms with Crippen LogP contribution in [0.1, 0.15) is 54.7 Å². The number of anilines is 2. The van der Waals surface area contributed by atoms with E-state index in [-0.39, 0.29) is 23.1 Å². The molecule has 10 heteroatoms. The molecule has 3 rings (SSSR count). The van der Waals surface area contributed by atoms with Crippen LogP contribution < -0.4 is 24.8 Å². The van der Waals surface area contributed by atoms with Crippen LogP contribution in [0.2, 0.25) is 0 Å². The summed E-state index contributed by atoms with van der Waals surface area (Å²) in [7, 11) is 2.92. The van der Waals surface area contributed by atoms with Gasteiger partial charge < -0.3 is 24.8 Å². The smallest absolute Gasteiger partial charge is 0.279 e. The number of hydrogen-bond acceptors (Lipinski definition) is 9. The van der Waals surface area contributed by atoms with Crippen LogP contribution >= 0.6 is 11.3 Å². The maximum Gasteiger partial charge on any atom is 0.279 e. The van der Waals surface area contributed by atoms with Gasteiger partial charge in [0.2, 0.25) is 17.7 Å². The molecule has 2 aromatic heterocycles. The average Bonchev–Trinajstić information content (AvgIpc) is 3.28. The summed E-state index contributed by atoms with van der Waals surface area (Å²) in [6, 6.07) is 6.10. The fraction of sp³-hybridized carbons (Fsp3) is 0.391. The minimum atomic E-state index is -0.455. The normalized spacial score (nSPS) is 10.8. The highest BCUT2D eigenvalue weighted by Gasteiger charge is 2.21. The standard InChI is InChI=1S/C23H29N5O4S/c1-7-10-24-22-27-20(30-5)18(21(28-22)31-6)26-19(29)16-12-33-23(25-16)32-17-11-15(13(2)3)9-8-14(17)4/h8-9,11-13H,7,10H2,1-6H3,(H,26,29)(H,24,27,28). The minimum Gasteiger partial charge on any atom is -0.479 e. The van der Waals surface area contributed by atoms with Crippen molar-refractivity contribution in [1.82, 2.24) is 15.0 Å². The Morgan fingerprint density at radius 1 is 1.12 bits per heavy atom. The lowest BCUT2D eigenvalue weighted by Gasteiger charge is -2.14. The molecule has 0 saturated heterocycles. The van der Waals surface area contributed by atoms with Crippen LogP contribution in [0.3, 0.4) is 0 Å². The molecule has 9 nitrogen and oxygen atoms in total. The summed E-state index contributed by atoms with van der Waals surface area (Å²) < 4.78 is 16.7. The molecule has 1 aromatic carbocycles. The van der Waals surface area contributed by atoms with Crippen LogP contribution in [-0.4, -0.2) is 41.6 Å². The average molecular weight is 472 g/mol. The van der Waals surface area contributed by atoms with Crippen LogP contribution in [0.5, 0.6) is 22.7 Å². The number of aromatic nitrogens is 3. The molecule has 2 heterocycles. The van der Waals surface area contributed by atoms with Crippen molar-refractivity contribution in [2.24, 2.45) is 0 Å². The summed E-state index contributed by atoms with van der Waals surface area (Å²) in [5, 5.41) is 7.82. The molecule has 0 unspecified atom stereocenters. The van der Waals surface area contributed by atoms with Gasteiger partial charge in [-0.3, -0.25) is 4.79 Å². The van der Waals surface area contributed by atoms with Gasteiger partial charge in [-0.25, -0.2) is 0 Å². The second-order valence-corrected chi connectivity index (χ2v) is 8.42. The van der Waals surface area contributed by atoms with Crippen molar-refractivity contribution in [3.63, 3.8) is 0 Å². The zero-order valence-corrected chi connectivity index (χ0v) is 20.5. The van der Waals surface area contributed by atoms with Gasteiger partial charge in [0.05, 0.1) is 14.2 Å². The number of nitrogens with zero attached hydrogens (tertiary/aromatic N) is 3. The number of hydrogen-bond donors (Lipinski definition) is 2. The molecular weight excluding hydrogens is 442 g/mol. The number of aryl methyl sites for hydroxylation is 1. The predicted octanol–water partition coefficient (Wildman–Crippen LogP) is 5.25. The Morgan fingerprint density at radius 2 is 1.82 bits per heavy atom. The molecule has 1 amide bonds. The number of thiazole rings is 1. The van der Waals surface area contributed by atoms with Gasteiger partial charge in [0.15, 0.2) is 5.69 Å². The molecule has 0 radical (unpaired) electrons. The Bertz CT molecular complexity index is 1090. The molecule has 176 valence electrons. The van der Waals surface area contributed by atoms with E-state index in [2.05, 4.69) is 45.5 Å². The first kappa shape index (κ1) is 24.2. The van der Waals surface area contributed by atoms with Gasteiger partial charge in [0.25, 0.3) is 11.1 Å². The Balaban J connectivity index is 1.79. The summed E-state index contributed by atoms with van der Waals surface area (Å²) in [4.78, 5) is 25.8. The third-order valence-corrected chi connectivity index (χ3v) is 5.51. The lowest BCUT2D eigenvalue weighted by Crippen LogP contribution is -2.16. The van der Waals surface area contributed by atoms with Crippen LogP contribution in [0.25, 0.3) is 0 Å². The summed E-state index contributed by atoms with van der Waals surface area (Å²) in [5.41, 5.74) is 2.58. The maximum absolute atomic E-state index is 12.9. The van der Waals surface area contributed by atoms with Crippen LogP contribution in [0.4, 0.5) is 11.6 Å². The number of carbonyl (C=O) groups is 1. The highest BCUT2D eigenvalue weighted by atomic mass is 32.1. The van der Waals surface area contributed by atoms with Crippen molar-refractivity contribution in [2.75, 3.05) is 31.4 Å². The Morgan fingerprint density at radius 3 is 2.42 bits per heavy atom. The van der Waals surface area contributed by atoms with Gasteiger partial charge in [0, 0.05) is 11.9 Å². The van der Waals surface area contributed by atoms with E-state index in [4.69, 9.17) is 14.2 Å². The molecule has 0 aliphatic rings. The molecule has 2 N–H and O–H groups in total. The van der Waals surface area contributed by atoms with Crippen molar-refractivity contribution in [1.29, 1.82) is 0 Å². The first-order chi connectivity index (χ1) is 15.9. The third-order valence-electron chi connectivity index (χ3n) is 4.79. The SMILES string of the molecule is CCCNc1nc(OC)c(NC(=O)c2csc(Oc3cc(C(C)C)ccc3C)n2)c(OC)n1. The highest BCUT2D eigenvalue weighted by Crippen LogP contribution is 2.34. The Kier molecular flexibility index (Phi) is 8.05. The molecular formula is C23H29N5O4S. The number of nitrogens with one attached hydrogen (secondary N) is 2. The summed E-state index contributed by atoms with van der Waals surface area (Å²) in [5.74, 6) is 1.36. The Labute approximate surface area is 197 Å². The molecule has 0 aliphatic heterocycles. The zero-order chi connectivity index (χ0) is 24.0. The number of rotatable bonds is 10. The van der Waals surface area contributed by atoms with E-state index in [0.29, 0.717) is 23.6 Å². The number of carbonyl (C=O) groups excluding carboxylic acids is 1. The van der Waals surface area contributed by atoms with Crippen LogP contribution in [0.15, 0.2) is 23.6 Å². The second-order valence-electron chi connectivity index (χ2n) is 7.60. The third kappa shape index (κ3) is 5.89. The molecule has 3 aromatic rings. The van der Waals surface area contributed by atoms with Gasteiger partial charge >= 0.3 is 0 Å². The van der Waals surface area contributed by atoms with Gasteiger partial charge in [-0.15, -0.1) is 0 Å². The summed E-state index contributed by atoms with van der Waals surface area (Å²) in [6.45, 7) is 8.94. The molecule has 33 heavy (non-hydrogen) atoms. The summed E-state index contributed by atoms with van der Waals surface area (Å²) in [6.07, 6.45) is 0.905. The monoisotopic (exact) mass is 471 g/mol. The van der Waals surface area contributed by atoms with E-state index < -0.39 is 5.91 Å². The van der Waals surface area contributed by atoms with Gasteiger partial charge in [-0.1, -0.05) is 44.2 Å². The molecule has 0 aliphatic carbocycles. The molecule has 0 bridgehead atoms. The van der Waals surface area contributed by atoms with Crippen molar-refractivity contribution in [3.05, 3.63) is 40.4 Å². The summed E-state index contributed by atoms with van der Waals surface area (Å²) >= 11 is 1.24. The van der Waals surface area contributed by atoms with Crippen molar-refractivity contribution >= 4 is 28.9 Å². The second kappa shape index (κ2) is 11.0. The van der Waals surface area contributed by atoms with E-state index in [1.54, 1.807) is 5.38 Å². The van der Waals surface area contributed by atoms with E-state index in [0.717, 1.165) is 17.7 Å². The lowest BCUT2D eigenvalue weighted by atomic mass is 10.0. The van der Waals surface area contributed by atoms with Crippen molar-refractivity contribution in [3.8, 4) is 22.7 Å². The van der Waals surface area contributed by atoms with Crippen LogP contribution in [-0.2, 0) is 0 Å². The van der Waals surface area contributed by atoms with E-state index in [1.807, 2.05) is 26.0 Å². The number of amides is 1. The first-order valence-corrected chi connectivity index (χ1v) is 11.5. The molecule has 0 spiro atoms. The number of methoxy groups -OCH3 is 2. The van der Waals surface area contributed by atoms with Gasteiger partial charge in [-0.2, -0.15) is 15.0 Å². The quantitative estimate of drug-likeness (QED) is 0.413. The fourth-order valence-electron chi connectivity index (χ4n) is 2.90. The Hall–Kier alpha value is -3.40. The topological polar surface area (TPSA) is 107 Å². The van der Waals surface area contributed by atoms with E-state index >= 15 is 0 Å². The number of ether oxygens (including phenoxy) is 3. The van der Waals surface area contributed by atoms with Gasteiger partial charge in [0.1, 0.15) is 11.4 Å². The largest absolute Gasteiger partial charge is 0.479 e. The maximum atomic E-state index is 12.9. The first-order valence-electron chi connectivity index (χ1n) is 10.6. The van der Waals surface area contributed by atoms with Gasteiger partial charge in [-0.05, 0) is 36.5 Å². The minimum absolute atomic E-state index is 0.182. The lowest BCUT2D eigenvalue weighted by molar-refractivity contribution is 0.102. The van der Waals surface area contributed by atoms with Crippen LogP contribution in [0, 0.1) is 6.92 Å². The fourth-order valence-corrected chi connectivity index (χ4v) is 3.57. The number of benzene rings is 1. The molecule has 0 atom stereocenters.